The Balaban J connectivity index is 1.76. The van der Waals surface area contributed by atoms with Crippen LogP contribution >= 0.6 is 0 Å². The molecule has 2 aliphatic rings. The molecule has 0 N–H and O–H groups in total. The summed E-state index contributed by atoms with van der Waals surface area (Å²) in [4.78, 5) is 30.1. The van der Waals surface area contributed by atoms with Crippen LogP contribution in [0.3, 0.4) is 0 Å². The zero-order chi connectivity index (χ0) is 18.9. The molecule has 7 nitrogen and oxygen atoms in total. The molecule has 1 aromatic carbocycles. The van der Waals surface area contributed by atoms with Crippen LogP contribution in [-0.4, -0.2) is 79.7 Å². The lowest BCUT2D eigenvalue weighted by Gasteiger charge is -2.31. The predicted octanol–water partition coefficient (Wildman–Crippen LogP) is 1.32. The van der Waals surface area contributed by atoms with Crippen LogP contribution < -0.4 is 4.74 Å². The fourth-order valence-electron chi connectivity index (χ4n) is 3.84. The van der Waals surface area contributed by atoms with Gasteiger partial charge in [-0.3, -0.25) is 14.6 Å². The van der Waals surface area contributed by atoms with Crippen molar-refractivity contribution in [2.24, 2.45) is 0 Å². The van der Waals surface area contributed by atoms with Crippen molar-refractivity contribution in [1.82, 2.24) is 14.7 Å². The van der Waals surface area contributed by atoms with E-state index >= 15 is 0 Å². The standard InChI is InChI=1S/C18H24FN3O4/c1-20-16(23)18(22(17(20)24)8-9-25-2)6-7-21(12-18)11-13-4-5-15(26-3)14(19)10-13/h4-5,10H,6-9,11-12H2,1-3H3. The minimum absolute atomic E-state index is 0.179. The van der Waals surface area contributed by atoms with Gasteiger partial charge in [0.05, 0.1) is 13.7 Å². The first-order chi connectivity index (χ1) is 12.4. The van der Waals surface area contributed by atoms with Crippen LogP contribution in [0.2, 0.25) is 0 Å². The second kappa shape index (κ2) is 7.20. The molecule has 1 unspecified atom stereocenters. The summed E-state index contributed by atoms with van der Waals surface area (Å²) in [7, 11) is 4.51. The Morgan fingerprint density at radius 1 is 1.27 bits per heavy atom. The molecule has 142 valence electrons. The number of nitrogens with zero attached hydrogens (tertiary/aromatic N) is 3. The van der Waals surface area contributed by atoms with Crippen LogP contribution in [0.15, 0.2) is 18.2 Å². The third-order valence-corrected chi connectivity index (χ3v) is 5.21. The molecule has 2 heterocycles. The number of carbonyl (C=O) groups is 2. The summed E-state index contributed by atoms with van der Waals surface area (Å²) in [5.74, 6) is -0.384. The summed E-state index contributed by atoms with van der Waals surface area (Å²) in [6, 6.07) is 4.56. The smallest absolute Gasteiger partial charge is 0.327 e. The number of carbonyl (C=O) groups excluding carboxylic acids is 2. The molecule has 8 heteroatoms. The van der Waals surface area contributed by atoms with Gasteiger partial charge >= 0.3 is 6.03 Å². The van der Waals surface area contributed by atoms with E-state index in [0.29, 0.717) is 39.2 Å². The Labute approximate surface area is 152 Å². The number of benzene rings is 1. The first-order valence-corrected chi connectivity index (χ1v) is 8.56. The largest absolute Gasteiger partial charge is 0.494 e. The zero-order valence-electron chi connectivity index (χ0n) is 15.3. The summed E-state index contributed by atoms with van der Waals surface area (Å²) in [5.41, 5.74) is -0.0519. The molecule has 0 aliphatic carbocycles. The Morgan fingerprint density at radius 2 is 2.04 bits per heavy atom. The average Bonchev–Trinajstić information content (AvgIpc) is 3.11. The lowest BCUT2D eigenvalue weighted by Crippen LogP contribution is -2.52. The van der Waals surface area contributed by atoms with Crippen LogP contribution in [0.25, 0.3) is 0 Å². The first-order valence-electron chi connectivity index (χ1n) is 8.56. The molecular weight excluding hydrogens is 341 g/mol. The number of halogens is 1. The highest BCUT2D eigenvalue weighted by atomic mass is 19.1. The molecule has 1 atom stereocenters. The molecule has 0 saturated carbocycles. The van der Waals surface area contributed by atoms with E-state index in [1.54, 1.807) is 18.1 Å². The molecule has 1 aromatic rings. The van der Waals surface area contributed by atoms with Gasteiger partial charge in [-0.2, -0.15) is 0 Å². The van der Waals surface area contributed by atoms with Gasteiger partial charge in [-0.25, -0.2) is 9.18 Å². The van der Waals surface area contributed by atoms with E-state index in [9.17, 15) is 14.0 Å². The van der Waals surface area contributed by atoms with Crippen molar-refractivity contribution in [3.05, 3.63) is 29.6 Å². The van der Waals surface area contributed by atoms with Gasteiger partial charge in [0.2, 0.25) is 0 Å². The van der Waals surface area contributed by atoms with E-state index in [0.717, 1.165) is 5.56 Å². The topological polar surface area (TPSA) is 62.3 Å². The molecule has 0 bridgehead atoms. The number of imide groups is 1. The molecule has 2 aliphatic heterocycles. The van der Waals surface area contributed by atoms with E-state index in [4.69, 9.17) is 9.47 Å². The molecule has 3 amide bonds. The number of amides is 3. The summed E-state index contributed by atoms with van der Waals surface area (Å²) < 4.78 is 23.9. The van der Waals surface area contributed by atoms with Gasteiger partial charge in [0.15, 0.2) is 11.6 Å². The van der Waals surface area contributed by atoms with Crippen molar-refractivity contribution in [3.8, 4) is 5.75 Å². The average molecular weight is 365 g/mol. The third kappa shape index (κ3) is 3.03. The van der Waals surface area contributed by atoms with Crippen LogP contribution in [0.1, 0.15) is 12.0 Å². The van der Waals surface area contributed by atoms with E-state index in [1.165, 1.54) is 25.1 Å². The van der Waals surface area contributed by atoms with Crippen molar-refractivity contribution in [2.75, 3.05) is 47.5 Å². The highest BCUT2D eigenvalue weighted by molar-refractivity contribution is 6.07. The van der Waals surface area contributed by atoms with Gasteiger partial charge in [-0.05, 0) is 24.1 Å². The highest BCUT2D eigenvalue weighted by Crippen LogP contribution is 2.36. The van der Waals surface area contributed by atoms with Gasteiger partial charge in [-0.1, -0.05) is 6.07 Å². The van der Waals surface area contributed by atoms with Crippen LogP contribution in [0.5, 0.6) is 5.75 Å². The predicted molar refractivity (Wildman–Crippen MR) is 92.3 cm³/mol. The van der Waals surface area contributed by atoms with Crippen molar-refractivity contribution >= 4 is 11.9 Å². The second-order valence-electron chi connectivity index (χ2n) is 6.75. The van der Waals surface area contributed by atoms with Gasteiger partial charge in [-0.15, -0.1) is 0 Å². The van der Waals surface area contributed by atoms with Gasteiger partial charge < -0.3 is 14.4 Å². The Morgan fingerprint density at radius 3 is 2.69 bits per heavy atom. The van der Waals surface area contributed by atoms with E-state index in [2.05, 4.69) is 4.90 Å². The summed E-state index contributed by atoms with van der Waals surface area (Å²) in [5, 5.41) is 0. The number of likely N-dealkylation sites (tertiary alicyclic amines) is 1. The van der Waals surface area contributed by atoms with Gasteiger partial charge in [0.25, 0.3) is 5.91 Å². The number of ether oxygens (including phenoxy) is 2. The number of likely N-dealkylation sites (N-methyl/N-ethyl adjacent to an activating group) is 1. The van der Waals surface area contributed by atoms with E-state index < -0.39 is 11.4 Å². The fourth-order valence-corrected chi connectivity index (χ4v) is 3.84. The lowest BCUT2D eigenvalue weighted by molar-refractivity contribution is -0.132. The number of rotatable bonds is 6. The second-order valence-corrected chi connectivity index (χ2v) is 6.75. The monoisotopic (exact) mass is 365 g/mol. The van der Waals surface area contributed by atoms with Crippen molar-refractivity contribution in [3.63, 3.8) is 0 Å². The van der Waals surface area contributed by atoms with Crippen LogP contribution in [-0.2, 0) is 16.1 Å². The molecule has 0 radical (unpaired) electrons. The van der Waals surface area contributed by atoms with Crippen LogP contribution in [0.4, 0.5) is 9.18 Å². The molecule has 2 fully saturated rings. The Hall–Kier alpha value is -2.19. The van der Waals surface area contributed by atoms with Crippen LogP contribution in [0, 0.1) is 5.82 Å². The molecular formula is C18H24FN3O4. The zero-order valence-corrected chi connectivity index (χ0v) is 15.3. The first kappa shape index (κ1) is 18.6. The van der Waals surface area contributed by atoms with Crippen molar-refractivity contribution < 1.29 is 23.5 Å². The lowest BCUT2D eigenvalue weighted by atomic mass is 9.97. The van der Waals surface area contributed by atoms with Crippen molar-refractivity contribution in [1.29, 1.82) is 0 Å². The minimum Gasteiger partial charge on any atom is -0.494 e. The summed E-state index contributed by atoms with van der Waals surface area (Å²) in [6.07, 6.45) is 0.560. The quantitative estimate of drug-likeness (QED) is 0.712. The SMILES string of the molecule is COCCN1C(=O)N(C)C(=O)C12CCN(Cc1ccc(OC)c(F)c1)C2. The van der Waals surface area contributed by atoms with Gasteiger partial charge in [0.1, 0.15) is 5.54 Å². The molecule has 0 aromatic heterocycles. The molecule has 2 saturated heterocycles. The Bertz CT molecular complexity index is 714. The molecule has 1 spiro atoms. The van der Waals surface area contributed by atoms with Crippen molar-refractivity contribution in [2.45, 2.75) is 18.5 Å². The number of hydrogen-bond donors (Lipinski definition) is 0. The van der Waals surface area contributed by atoms with E-state index in [-0.39, 0.29) is 17.7 Å². The van der Waals surface area contributed by atoms with E-state index in [1.807, 2.05) is 6.07 Å². The number of methoxy groups -OCH3 is 2. The normalized spacial score (nSPS) is 23.5. The molecule has 3 rings (SSSR count). The third-order valence-electron chi connectivity index (χ3n) is 5.21. The summed E-state index contributed by atoms with van der Waals surface area (Å²) in [6.45, 7) is 2.34. The van der Waals surface area contributed by atoms with Gasteiger partial charge in [0, 0.05) is 40.3 Å². The maximum absolute atomic E-state index is 13.9. The number of hydrogen-bond acceptors (Lipinski definition) is 5. The minimum atomic E-state index is -0.852. The Kier molecular flexibility index (Phi) is 5.15. The fraction of sp³-hybridized carbons (Fsp3) is 0.556. The number of urea groups is 1. The maximum atomic E-state index is 13.9. The summed E-state index contributed by atoms with van der Waals surface area (Å²) >= 11 is 0. The highest BCUT2D eigenvalue weighted by Gasteiger charge is 2.58. The molecule has 26 heavy (non-hydrogen) atoms. The maximum Gasteiger partial charge on any atom is 0.327 e.